The van der Waals surface area contributed by atoms with Gasteiger partial charge in [-0.2, -0.15) is 5.10 Å². The van der Waals surface area contributed by atoms with Gasteiger partial charge in [-0.05, 0) is 47.8 Å². The van der Waals surface area contributed by atoms with Crippen LogP contribution < -0.4 is 11.0 Å². The molecule has 7 nitrogen and oxygen atoms in total. The third-order valence-electron chi connectivity index (χ3n) is 5.48. The highest BCUT2D eigenvalue weighted by molar-refractivity contribution is 7.18. The fraction of sp³-hybridized carbons (Fsp3) is 0.409. The van der Waals surface area contributed by atoms with Crippen LogP contribution in [0.25, 0.3) is 10.2 Å². The molecule has 4 rings (SSSR count). The van der Waals surface area contributed by atoms with Crippen molar-refractivity contribution in [3.63, 3.8) is 0 Å². The maximum atomic E-state index is 12.9. The van der Waals surface area contributed by atoms with Crippen LogP contribution in [0.2, 0.25) is 0 Å². The van der Waals surface area contributed by atoms with Gasteiger partial charge in [-0.25, -0.2) is 10.1 Å². The number of carbonyl (C=O) groups is 1. The summed E-state index contributed by atoms with van der Waals surface area (Å²) in [6, 6.07) is 7.99. The zero-order valence-electron chi connectivity index (χ0n) is 17.4. The van der Waals surface area contributed by atoms with E-state index >= 15 is 0 Å². The molecule has 30 heavy (non-hydrogen) atoms. The topological polar surface area (TPSA) is 89.2 Å². The molecule has 1 N–H and O–H groups in total. The van der Waals surface area contributed by atoms with Gasteiger partial charge in [0.05, 0.1) is 11.6 Å². The Labute approximate surface area is 178 Å². The molecule has 0 aliphatic heterocycles. The van der Waals surface area contributed by atoms with Gasteiger partial charge in [0.25, 0.3) is 11.5 Å². The number of aryl methyl sites for hydroxylation is 1. The fourth-order valence-electron chi connectivity index (χ4n) is 3.71. The molecule has 0 unspecified atom stereocenters. The Bertz CT molecular complexity index is 1160. The van der Waals surface area contributed by atoms with Crippen LogP contribution in [-0.2, 0) is 24.2 Å². The second kappa shape index (κ2) is 8.47. The Morgan fingerprint density at radius 1 is 1.37 bits per heavy atom. The van der Waals surface area contributed by atoms with Crippen LogP contribution in [0.15, 0.2) is 34.2 Å². The Morgan fingerprint density at radius 2 is 2.13 bits per heavy atom. The molecule has 3 aromatic rings. The van der Waals surface area contributed by atoms with Crippen LogP contribution in [0.5, 0.6) is 0 Å². The first-order valence-electron chi connectivity index (χ1n) is 10.2. The van der Waals surface area contributed by atoms with E-state index in [-0.39, 0.29) is 12.1 Å². The third kappa shape index (κ3) is 4.18. The molecule has 1 aliphatic rings. The predicted octanol–water partition coefficient (Wildman–Crippen LogP) is 3.25. The van der Waals surface area contributed by atoms with Crippen molar-refractivity contribution in [3.8, 4) is 0 Å². The lowest BCUT2D eigenvalue weighted by Gasteiger charge is -2.17. The molecule has 1 aliphatic carbocycles. The fourth-order valence-corrected chi connectivity index (χ4v) is 5.03. The van der Waals surface area contributed by atoms with Crippen LogP contribution in [0.4, 0.5) is 0 Å². The SMILES string of the molecule is CC(C)c1ccc(C=NNC(=O)Cn2nnc3sc4c(c3c2=O)CC[C@H](C)C4)cc1. The van der Waals surface area contributed by atoms with Gasteiger partial charge in [-0.15, -0.1) is 16.4 Å². The molecule has 156 valence electrons. The van der Waals surface area contributed by atoms with Gasteiger partial charge >= 0.3 is 0 Å². The number of aromatic nitrogens is 3. The van der Waals surface area contributed by atoms with Crippen molar-refractivity contribution in [2.45, 2.75) is 52.5 Å². The summed E-state index contributed by atoms with van der Waals surface area (Å²) in [6.45, 7) is 6.28. The van der Waals surface area contributed by atoms with Gasteiger partial charge in [-0.1, -0.05) is 50.3 Å². The standard InChI is InChI=1S/C22H25N5O2S/c1-13(2)16-7-5-15(6-8-16)11-23-24-19(28)12-27-22(29)20-17-9-4-14(3)10-18(17)30-21(20)25-26-27/h5-8,11,13-14H,4,9-10,12H2,1-3H3,(H,24,28)/t14-/m0/s1. The molecule has 0 saturated carbocycles. The summed E-state index contributed by atoms with van der Waals surface area (Å²) in [4.78, 5) is 27.1. The summed E-state index contributed by atoms with van der Waals surface area (Å²) in [7, 11) is 0. The van der Waals surface area contributed by atoms with Crippen LogP contribution in [0.3, 0.4) is 0 Å². The number of rotatable bonds is 5. The maximum Gasteiger partial charge on any atom is 0.279 e. The number of carbonyl (C=O) groups excluding carboxylic acids is 1. The number of benzene rings is 1. The van der Waals surface area contributed by atoms with Crippen LogP contribution in [0.1, 0.15) is 54.7 Å². The monoisotopic (exact) mass is 423 g/mol. The van der Waals surface area contributed by atoms with Crippen molar-refractivity contribution >= 4 is 33.7 Å². The second-order valence-corrected chi connectivity index (χ2v) is 9.28. The van der Waals surface area contributed by atoms with Crippen molar-refractivity contribution in [2.75, 3.05) is 0 Å². The van der Waals surface area contributed by atoms with E-state index in [2.05, 4.69) is 41.6 Å². The zero-order chi connectivity index (χ0) is 21.3. The Hall–Kier alpha value is -2.87. The number of hydrazone groups is 1. The van der Waals surface area contributed by atoms with Crippen molar-refractivity contribution in [2.24, 2.45) is 11.0 Å². The predicted molar refractivity (Wildman–Crippen MR) is 119 cm³/mol. The summed E-state index contributed by atoms with van der Waals surface area (Å²) in [5.41, 5.74) is 5.42. The van der Waals surface area contributed by atoms with E-state index in [0.717, 1.165) is 35.1 Å². The van der Waals surface area contributed by atoms with Crippen LogP contribution >= 0.6 is 11.3 Å². The minimum atomic E-state index is -0.418. The van der Waals surface area contributed by atoms with Crippen molar-refractivity contribution < 1.29 is 4.79 Å². The number of nitrogens with zero attached hydrogens (tertiary/aromatic N) is 4. The maximum absolute atomic E-state index is 12.9. The molecule has 1 atom stereocenters. The second-order valence-electron chi connectivity index (χ2n) is 8.20. The molecule has 1 aromatic carbocycles. The first-order chi connectivity index (χ1) is 14.4. The van der Waals surface area contributed by atoms with E-state index in [0.29, 0.717) is 22.1 Å². The summed E-state index contributed by atoms with van der Waals surface area (Å²) < 4.78 is 1.12. The third-order valence-corrected chi connectivity index (χ3v) is 6.62. The summed E-state index contributed by atoms with van der Waals surface area (Å²) >= 11 is 1.55. The van der Waals surface area contributed by atoms with Crippen molar-refractivity contribution in [3.05, 3.63) is 56.2 Å². The lowest BCUT2D eigenvalue weighted by atomic mass is 9.89. The van der Waals surface area contributed by atoms with E-state index in [9.17, 15) is 9.59 Å². The normalized spacial score (nSPS) is 16.3. The molecule has 2 aromatic heterocycles. The first-order valence-corrected chi connectivity index (χ1v) is 11.0. The quantitative estimate of drug-likeness (QED) is 0.504. The molecule has 0 radical (unpaired) electrons. The molecular weight excluding hydrogens is 398 g/mol. The van der Waals surface area contributed by atoms with E-state index in [4.69, 9.17) is 0 Å². The zero-order valence-corrected chi connectivity index (χ0v) is 18.2. The van der Waals surface area contributed by atoms with E-state index < -0.39 is 5.91 Å². The van der Waals surface area contributed by atoms with Gasteiger partial charge in [0.15, 0.2) is 4.83 Å². The number of amides is 1. The summed E-state index contributed by atoms with van der Waals surface area (Å²) in [5, 5.41) is 12.8. The molecule has 0 bridgehead atoms. The number of fused-ring (bicyclic) bond motifs is 3. The first kappa shape index (κ1) is 20.4. The number of thiophene rings is 1. The molecular formula is C22H25N5O2S. The average Bonchev–Trinajstić information content (AvgIpc) is 3.08. The van der Waals surface area contributed by atoms with E-state index in [1.807, 2.05) is 24.3 Å². The lowest BCUT2D eigenvalue weighted by Crippen LogP contribution is -2.32. The Kier molecular flexibility index (Phi) is 5.76. The number of hydrogen-bond acceptors (Lipinski definition) is 6. The van der Waals surface area contributed by atoms with Gasteiger partial charge in [0, 0.05) is 4.88 Å². The molecule has 8 heteroatoms. The highest BCUT2D eigenvalue weighted by Gasteiger charge is 2.24. The summed E-state index contributed by atoms with van der Waals surface area (Å²) in [5.74, 6) is 0.661. The van der Waals surface area contributed by atoms with E-state index in [1.54, 1.807) is 17.6 Å². The van der Waals surface area contributed by atoms with Gasteiger partial charge in [0.2, 0.25) is 0 Å². The molecule has 2 heterocycles. The van der Waals surface area contributed by atoms with Crippen LogP contribution in [-0.4, -0.2) is 27.1 Å². The number of nitrogens with one attached hydrogen (secondary N) is 1. The van der Waals surface area contributed by atoms with E-state index in [1.165, 1.54) is 10.4 Å². The molecule has 0 fully saturated rings. The minimum Gasteiger partial charge on any atom is -0.271 e. The largest absolute Gasteiger partial charge is 0.279 e. The minimum absolute atomic E-state index is 0.216. The van der Waals surface area contributed by atoms with Gasteiger partial charge in [0.1, 0.15) is 6.54 Å². The Morgan fingerprint density at radius 3 is 2.87 bits per heavy atom. The highest BCUT2D eigenvalue weighted by Crippen LogP contribution is 2.35. The van der Waals surface area contributed by atoms with Crippen molar-refractivity contribution in [1.29, 1.82) is 0 Å². The Balaban J connectivity index is 1.45. The molecule has 1 amide bonds. The van der Waals surface area contributed by atoms with Crippen molar-refractivity contribution in [1.82, 2.24) is 20.4 Å². The average molecular weight is 424 g/mol. The number of hydrogen-bond donors (Lipinski definition) is 1. The smallest absolute Gasteiger partial charge is 0.271 e. The highest BCUT2D eigenvalue weighted by atomic mass is 32.1. The van der Waals surface area contributed by atoms with Gasteiger partial charge in [-0.3, -0.25) is 9.59 Å². The molecule has 0 saturated heterocycles. The molecule has 0 spiro atoms. The van der Waals surface area contributed by atoms with Crippen LogP contribution in [0, 0.1) is 5.92 Å². The van der Waals surface area contributed by atoms with Gasteiger partial charge < -0.3 is 0 Å². The lowest BCUT2D eigenvalue weighted by molar-refractivity contribution is -0.121. The summed E-state index contributed by atoms with van der Waals surface area (Å²) in [6.07, 6.45) is 4.50.